The van der Waals surface area contributed by atoms with Gasteiger partial charge in [0.05, 0.1) is 5.52 Å². The van der Waals surface area contributed by atoms with E-state index >= 15 is 0 Å². The second kappa shape index (κ2) is 7.63. The predicted molar refractivity (Wildman–Crippen MR) is 103 cm³/mol. The monoisotopic (exact) mass is 399 g/mol. The van der Waals surface area contributed by atoms with Crippen LogP contribution < -0.4 is 10.6 Å². The van der Waals surface area contributed by atoms with E-state index < -0.39 is 29.7 Å². The van der Waals surface area contributed by atoms with E-state index in [-0.39, 0.29) is 23.2 Å². The number of nitrogens with one attached hydrogen (secondary N) is 3. The number of hydrogen-bond donors (Lipinski definition) is 4. The molecule has 2 amide bonds. The SMILES string of the molecule is O=C(N[C@H]1CCNC1=O)[C@H](O)Cc1c(-c2ccccc2)[nH]c2c(F)cc(F)cc12. The highest BCUT2D eigenvalue weighted by Crippen LogP contribution is 2.33. The Morgan fingerprint density at radius 1 is 1.24 bits per heavy atom. The van der Waals surface area contributed by atoms with Gasteiger partial charge in [-0.1, -0.05) is 30.3 Å². The molecule has 29 heavy (non-hydrogen) atoms. The Morgan fingerprint density at radius 3 is 2.69 bits per heavy atom. The van der Waals surface area contributed by atoms with E-state index in [4.69, 9.17) is 0 Å². The number of amides is 2. The van der Waals surface area contributed by atoms with E-state index in [1.165, 1.54) is 6.07 Å². The third kappa shape index (κ3) is 3.71. The Balaban J connectivity index is 1.69. The van der Waals surface area contributed by atoms with Crippen molar-refractivity contribution in [2.75, 3.05) is 6.54 Å². The normalized spacial score (nSPS) is 17.3. The van der Waals surface area contributed by atoms with Crippen molar-refractivity contribution < 1.29 is 23.5 Å². The molecule has 0 saturated carbocycles. The lowest BCUT2D eigenvalue weighted by molar-refractivity contribution is -0.132. The summed E-state index contributed by atoms with van der Waals surface area (Å²) in [6, 6.07) is 10.2. The summed E-state index contributed by atoms with van der Waals surface area (Å²) in [5.74, 6) is -2.52. The van der Waals surface area contributed by atoms with Crippen LogP contribution in [0.5, 0.6) is 0 Å². The van der Waals surface area contributed by atoms with Gasteiger partial charge in [-0.2, -0.15) is 0 Å². The first-order chi connectivity index (χ1) is 13.9. The first-order valence-corrected chi connectivity index (χ1v) is 9.25. The van der Waals surface area contributed by atoms with Gasteiger partial charge in [0.1, 0.15) is 23.8 Å². The van der Waals surface area contributed by atoms with E-state index in [0.29, 0.717) is 29.8 Å². The highest BCUT2D eigenvalue weighted by molar-refractivity contribution is 5.93. The molecule has 2 atom stereocenters. The summed E-state index contributed by atoms with van der Waals surface area (Å²) in [5, 5.41) is 15.8. The third-order valence-corrected chi connectivity index (χ3v) is 5.06. The first kappa shape index (κ1) is 19.1. The molecule has 0 bridgehead atoms. The van der Waals surface area contributed by atoms with Gasteiger partial charge in [-0.3, -0.25) is 9.59 Å². The second-order valence-corrected chi connectivity index (χ2v) is 7.02. The number of aromatic amines is 1. The summed E-state index contributed by atoms with van der Waals surface area (Å²) >= 11 is 0. The van der Waals surface area contributed by atoms with Crippen LogP contribution >= 0.6 is 0 Å². The quantitative estimate of drug-likeness (QED) is 0.529. The van der Waals surface area contributed by atoms with Gasteiger partial charge in [-0.05, 0) is 23.6 Å². The minimum Gasteiger partial charge on any atom is -0.383 e. The van der Waals surface area contributed by atoms with Gasteiger partial charge < -0.3 is 20.7 Å². The molecule has 0 radical (unpaired) electrons. The molecule has 1 fully saturated rings. The summed E-state index contributed by atoms with van der Waals surface area (Å²) in [6.45, 7) is 0.457. The molecule has 150 valence electrons. The van der Waals surface area contributed by atoms with E-state index in [1.807, 2.05) is 6.07 Å². The van der Waals surface area contributed by atoms with Crippen molar-refractivity contribution in [2.45, 2.75) is 25.0 Å². The van der Waals surface area contributed by atoms with Gasteiger partial charge in [-0.15, -0.1) is 0 Å². The molecular weight excluding hydrogens is 380 g/mol. The Morgan fingerprint density at radius 2 is 2.00 bits per heavy atom. The van der Waals surface area contributed by atoms with Crippen LogP contribution in [0, 0.1) is 11.6 Å². The average Bonchev–Trinajstić information content (AvgIpc) is 3.26. The van der Waals surface area contributed by atoms with E-state index in [0.717, 1.165) is 6.07 Å². The molecule has 0 spiro atoms. The van der Waals surface area contributed by atoms with Gasteiger partial charge >= 0.3 is 0 Å². The maximum absolute atomic E-state index is 14.3. The fourth-order valence-corrected chi connectivity index (χ4v) is 3.62. The van der Waals surface area contributed by atoms with E-state index in [2.05, 4.69) is 15.6 Å². The number of aliphatic hydroxyl groups is 1. The van der Waals surface area contributed by atoms with Crippen LogP contribution in [0.3, 0.4) is 0 Å². The molecule has 0 aliphatic carbocycles. The fraction of sp³-hybridized carbons (Fsp3) is 0.238. The zero-order valence-corrected chi connectivity index (χ0v) is 15.3. The molecule has 2 heterocycles. The van der Waals surface area contributed by atoms with Crippen LogP contribution in [0.15, 0.2) is 42.5 Å². The molecule has 4 rings (SSSR count). The largest absolute Gasteiger partial charge is 0.383 e. The maximum Gasteiger partial charge on any atom is 0.249 e. The Kier molecular flexibility index (Phi) is 5.02. The van der Waals surface area contributed by atoms with Gasteiger partial charge in [0.15, 0.2) is 0 Å². The highest BCUT2D eigenvalue weighted by Gasteiger charge is 2.29. The molecule has 1 aliphatic heterocycles. The number of benzene rings is 2. The van der Waals surface area contributed by atoms with Crippen LogP contribution in [0.1, 0.15) is 12.0 Å². The van der Waals surface area contributed by atoms with Crippen molar-refractivity contribution in [1.29, 1.82) is 0 Å². The molecule has 8 heteroatoms. The molecule has 2 aromatic carbocycles. The average molecular weight is 399 g/mol. The van der Waals surface area contributed by atoms with Crippen molar-refractivity contribution >= 4 is 22.7 Å². The van der Waals surface area contributed by atoms with Gasteiger partial charge in [0, 0.05) is 30.1 Å². The number of halogens is 2. The lowest BCUT2D eigenvalue weighted by Gasteiger charge is -2.15. The van der Waals surface area contributed by atoms with Crippen molar-refractivity contribution in [1.82, 2.24) is 15.6 Å². The predicted octanol–water partition coefficient (Wildman–Crippen LogP) is 2.02. The van der Waals surface area contributed by atoms with Crippen LogP contribution in [0.2, 0.25) is 0 Å². The molecular formula is C21H19F2N3O3. The fourth-order valence-electron chi connectivity index (χ4n) is 3.62. The first-order valence-electron chi connectivity index (χ1n) is 9.25. The lowest BCUT2D eigenvalue weighted by atomic mass is 9.99. The number of carbonyl (C=O) groups excluding carboxylic acids is 2. The number of hydrogen-bond acceptors (Lipinski definition) is 3. The van der Waals surface area contributed by atoms with Gasteiger partial charge in [-0.25, -0.2) is 8.78 Å². The van der Waals surface area contributed by atoms with Crippen molar-refractivity contribution in [3.8, 4) is 11.3 Å². The minimum absolute atomic E-state index is 0.100. The van der Waals surface area contributed by atoms with E-state index in [9.17, 15) is 23.5 Å². The van der Waals surface area contributed by atoms with E-state index in [1.54, 1.807) is 24.3 Å². The molecule has 1 aromatic heterocycles. The number of fused-ring (bicyclic) bond motifs is 1. The summed E-state index contributed by atoms with van der Waals surface area (Å²) in [5.41, 5.74) is 1.73. The number of carbonyl (C=O) groups is 2. The van der Waals surface area contributed by atoms with Crippen LogP contribution in [-0.2, 0) is 16.0 Å². The summed E-state index contributed by atoms with van der Waals surface area (Å²) < 4.78 is 28.2. The number of H-pyrrole nitrogens is 1. The topological polar surface area (TPSA) is 94.2 Å². The summed E-state index contributed by atoms with van der Waals surface area (Å²) in [7, 11) is 0. The third-order valence-electron chi connectivity index (χ3n) is 5.06. The van der Waals surface area contributed by atoms with Crippen molar-refractivity contribution in [2.24, 2.45) is 0 Å². The number of aliphatic hydroxyl groups excluding tert-OH is 1. The molecule has 1 aliphatic rings. The van der Waals surface area contributed by atoms with Gasteiger partial charge in [0.2, 0.25) is 11.8 Å². The Bertz CT molecular complexity index is 1080. The van der Waals surface area contributed by atoms with Crippen LogP contribution in [0.4, 0.5) is 8.78 Å². The zero-order valence-electron chi connectivity index (χ0n) is 15.3. The molecule has 0 unspecified atom stereocenters. The van der Waals surface area contributed by atoms with Crippen molar-refractivity contribution in [3.05, 3.63) is 59.7 Å². The second-order valence-electron chi connectivity index (χ2n) is 7.02. The molecule has 1 saturated heterocycles. The Labute approximate surface area is 164 Å². The number of rotatable bonds is 5. The maximum atomic E-state index is 14.3. The lowest BCUT2D eigenvalue weighted by Crippen LogP contribution is -2.45. The summed E-state index contributed by atoms with van der Waals surface area (Å²) in [6.07, 6.45) is -1.22. The summed E-state index contributed by atoms with van der Waals surface area (Å²) in [4.78, 5) is 27.0. The molecule has 3 aromatic rings. The Hall–Kier alpha value is -3.26. The molecule has 6 nitrogen and oxygen atoms in total. The standard InChI is InChI=1S/C21H19F2N3O3/c22-12-8-13-14(10-17(27)21(29)25-16-6-7-24-20(16)28)18(11-4-2-1-3-5-11)26-19(13)15(23)9-12/h1-5,8-9,16-17,26-27H,6-7,10H2,(H,24,28)(H,25,29)/t16-,17+/m0/s1. The van der Waals surface area contributed by atoms with Crippen molar-refractivity contribution in [3.63, 3.8) is 0 Å². The highest BCUT2D eigenvalue weighted by atomic mass is 19.1. The number of aromatic nitrogens is 1. The smallest absolute Gasteiger partial charge is 0.249 e. The minimum atomic E-state index is -1.49. The van der Waals surface area contributed by atoms with Crippen LogP contribution in [-0.4, -0.2) is 40.6 Å². The van der Waals surface area contributed by atoms with Gasteiger partial charge in [0.25, 0.3) is 0 Å². The molecule has 4 N–H and O–H groups in total. The zero-order chi connectivity index (χ0) is 20.5. The van der Waals surface area contributed by atoms with Crippen LogP contribution in [0.25, 0.3) is 22.2 Å².